The van der Waals surface area contributed by atoms with E-state index >= 15 is 0 Å². The Morgan fingerprint density at radius 1 is 1.39 bits per heavy atom. The molecule has 18 heavy (non-hydrogen) atoms. The smallest absolute Gasteiger partial charge is 0.182 e. The molecule has 0 N–H and O–H groups in total. The van der Waals surface area contributed by atoms with Crippen LogP contribution in [0.2, 0.25) is 0 Å². The Kier molecular flexibility index (Phi) is 8.38. The number of allylic oxidation sites excluding steroid dienone is 1. The minimum Gasteiger partial charge on any atom is -0.379 e. The molecule has 0 aromatic rings. The quantitative estimate of drug-likeness (QED) is 0.501. The first kappa shape index (κ1) is 15.7. The Hall–Kier alpha value is -0.320. The molecule has 0 saturated carbocycles. The van der Waals surface area contributed by atoms with Crippen molar-refractivity contribution in [3.63, 3.8) is 0 Å². The Labute approximate surface area is 115 Å². The maximum Gasteiger partial charge on any atom is 0.182 e. The number of carbonyl (C=O) groups excluding carboxylic acids is 1. The first-order chi connectivity index (χ1) is 8.79. The average Bonchev–Trinajstić information content (AvgIpc) is 2.41. The molecule has 1 fully saturated rings. The van der Waals surface area contributed by atoms with E-state index in [0.29, 0.717) is 0 Å². The number of hydrogen-bond donors (Lipinski definition) is 0. The van der Waals surface area contributed by atoms with E-state index in [1.165, 1.54) is 6.42 Å². The lowest BCUT2D eigenvalue weighted by atomic mass is 10.2. The molecule has 0 amide bonds. The largest absolute Gasteiger partial charge is 0.379 e. The Bertz CT molecular complexity index is 263. The topological polar surface area (TPSA) is 29.5 Å². The minimum atomic E-state index is -0.0169. The molecule has 0 aliphatic carbocycles. The lowest BCUT2D eigenvalue weighted by Gasteiger charge is -2.32. The Morgan fingerprint density at radius 3 is 2.72 bits per heavy atom. The maximum atomic E-state index is 12.2. The van der Waals surface area contributed by atoms with Gasteiger partial charge in [0.1, 0.15) is 5.37 Å². The molecule has 1 saturated heterocycles. The highest BCUT2D eigenvalue weighted by Crippen LogP contribution is 2.18. The van der Waals surface area contributed by atoms with Gasteiger partial charge in [-0.15, -0.1) is 11.8 Å². The molecular formula is C14H25NO2S. The normalized spacial score (nSPS) is 19.2. The van der Waals surface area contributed by atoms with Gasteiger partial charge in [-0.05, 0) is 18.2 Å². The molecule has 1 unspecified atom stereocenters. The summed E-state index contributed by atoms with van der Waals surface area (Å²) in [5.74, 6) is 1.20. The number of thioether (sulfide) groups is 1. The zero-order valence-corrected chi connectivity index (χ0v) is 12.4. The van der Waals surface area contributed by atoms with Crippen molar-refractivity contribution in [1.82, 2.24) is 4.90 Å². The van der Waals surface area contributed by atoms with Crippen LogP contribution in [0.4, 0.5) is 0 Å². The van der Waals surface area contributed by atoms with Crippen LogP contribution in [-0.4, -0.2) is 48.1 Å². The summed E-state index contributed by atoms with van der Waals surface area (Å²) in [5, 5.41) is -0.0169. The first-order valence-corrected chi connectivity index (χ1v) is 7.98. The van der Waals surface area contributed by atoms with Crippen LogP contribution >= 0.6 is 11.8 Å². The van der Waals surface area contributed by atoms with Gasteiger partial charge in [0.15, 0.2) is 5.78 Å². The van der Waals surface area contributed by atoms with Crippen molar-refractivity contribution in [3.05, 3.63) is 12.2 Å². The number of hydrogen-bond acceptors (Lipinski definition) is 4. The van der Waals surface area contributed by atoms with E-state index in [4.69, 9.17) is 4.74 Å². The molecule has 0 spiro atoms. The summed E-state index contributed by atoms with van der Waals surface area (Å²) in [4.78, 5) is 14.4. The summed E-state index contributed by atoms with van der Waals surface area (Å²) in [5.41, 5.74) is 0. The van der Waals surface area contributed by atoms with Gasteiger partial charge < -0.3 is 4.74 Å². The van der Waals surface area contributed by atoms with E-state index in [1.54, 1.807) is 17.8 Å². The molecule has 4 heteroatoms. The summed E-state index contributed by atoms with van der Waals surface area (Å²) in [6.07, 6.45) is 7.14. The SMILES string of the molecule is CCCCC=CC(=O)C(SCC)N1CCOCC1. The molecule has 1 heterocycles. The molecule has 104 valence electrons. The van der Waals surface area contributed by atoms with Gasteiger partial charge >= 0.3 is 0 Å². The number of nitrogens with zero attached hydrogens (tertiary/aromatic N) is 1. The van der Waals surface area contributed by atoms with Crippen LogP contribution in [0.25, 0.3) is 0 Å². The molecule has 1 atom stereocenters. The Morgan fingerprint density at radius 2 is 2.11 bits per heavy atom. The van der Waals surface area contributed by atoms with Crippen LogP contribution in [0, 0.1) is 0 Å². The molecule has 3 nitrogen and oxygen atoms in total. The summed E-state index contributed by atoms with van der Waals surface area (Å²) >= 11 is 1.72. The van der Waals surface area contributed by atoms with Gasteiger partial charge in [-0.1, -0.05) is 32.8 Å². The van der Waals surface area contributed by atoms with Gasteiger partial charge in [-0.2, -0.15) is 0 Å². The fraction of sp³-hybridized carbons (Fsp3) is 0.786. The summed E-state index contributed by atoms with van der Waals surface area (Å²) < 4.78 is 5.34. The molecule has 1 aliphatic heterocycles. The van der Waals surface area contributed by atoms with Crippen LogP contribution in [0.15, 0.2) is 12.2 Å². The van der Waals surface area contributed by atoms with E-state index < -0.39 is 0 Å². The molecule has 1 aliphatic rings. The minimum absolute atomic E-state index is 0.0169. The monoisotopic (exact) mass is 271 g/mol. The molecule has 1 rings (SSSR count). The van der Waals surface area contributed by atoms with Crippen LogP contribution in [-0.2, 0) is 9.53 Å². The number of ether oxygens (including phenoxy) is 1. The van der Waals surface area contributed by atoms with E-state index in [2.05, 4.69) is 18.7 Å². The van der Waals surface area contributed by atoms with Gasteiger partial charge in [-0.25, -0.2) is 0 Å². The highest BCUT2D eigenvalue weighted by atomic mass is 32.2. The fourth-order valence-electron chi connectivity index (χ4n) is 1.94. The van der Waals surface area contributed by atoms with Gasteiger partial charge in [-0.3, -0.25) is 9.69 Å². The van der Waals surface area contributed by atoms with Crippen molar-refractivity contribution in [2.45, 2.75) is 38.5 Å². The number of ketones is 1. The standard InChI is InChI=1S/C14H25NO2S/c1-3-5-6-7-8-13(16)14(18-4-2)15-9-11-17-12-10-15/h7-8,14H,3-6,9-12H2,1-2H3. The summed E-state index contributed by atoms with van der Waals surface area (Å²) in [6.45, 7) is 7.49. The third-order valence-corrected chi connectivity index (χ3v) is 4.13. The number of morpholine rings is 1. The van der Waals surface area contributed by atoms with Crippen molar-refractivity contribution in [3.8, 4) is 0 Å². The first-order valence-electron chi connectivity index (χ1n) is 6.93. The van der Waals surface area contributed by atoms with E-state index in [0.717, 1.165) is 44.9 Å². The number of carbonyl (C=O) groups is 1. The van der Waals surface area contributed by atoms with Crippen molar-refractivity contribution in [2.75, 3.05) is 32.1 Å². The Balaban J connectivity index is 2.48. The van der Waals surface area contributed by atoms with E-state index in [1.807, 2.05) is 6.08 Å². The van der Waals surface area contributed by atoms with Crippen molar-refractivity contribution < 1.29 is 9.53 Å². The van der Waals surface area contributed by atoms with Crippen LogP contribution in [0.3, 0.4) is 0 Å². The van der Waals surface area contributed by atoms with Gasteiger partial charge in [0.25, 0.3) is 0 Å². The predicted molar refractivity (Wildman–Crippen MR) is 78.0 cm³/mol. The van der Waals surface area contributed by atoms with Gasteiger partial charge in [0.2, 0.25) is 0 Å². The number of unbranched alkanes of at least 4 members (excludes halogenated alkanes) is 2. The predicted octanol–water partition coefficient (Wildman–Crippen LogP) is 2.71. The third kappa shape index (κ3) is 5.55. The lowest BCUT2D eigenvalue weighted by molar-refractivity contribution is -0.118. The maximum absolute atomic E-state index is 12.2. The van der Waals surface area contributed by atoms with Crippen molar-refractivity contribution >= 4 is 17.5 Å². The molecule has 0 aromatic carbocycles. The highest BCUT2D eigenvalue weighted by Gasteiger charge is 2.25. The van der Waals surface area contributed by atoms with Crippen LogP contribution in [0.5, 0.6) is 0 Å². The van der Waals surface area contributed by atoms with E-state index in [-0.39, 0.29) is 11.2 Å². The second-order valence-corrected chi connectivity index (χ2v) is 5.76. The van der Waals surface area contributed by atoms with Crippen molar-refractivity contribution in [2.24, 2.45) is 0 Å². The highest BCUT2D eigenvalue weighted by molar-refractivity contribution is 8.00. The zero-order valence-electron chi connectivity index (χ0n) is 11.6. The summed E-state index contributed by atoms with van der Waals surface area (Å²) in [7, 11) is 0. The number of rotatable bonds is 8. The molecule has 0 radical (unpaired) electrons. The molecule has 0 aromatic heterocycles. The van der Waals surface area contributed by atoms with Crippen LogP contribution in [0.1, 0.15) is 33.1 Å². The van der Waals surface area contributed by atoms with Gasteiger partial charge in [0.05, 0.1) is 13.2 Å². The van der Waals surface area contributed by atoms with E-state index in [9.17, 15) is 4.79 Å². The van der Waals surface area contributed by atoms with Gasteiger partial charge in [0, 0.05) is 13.1 Å². The average molecular weight is 271 g/mol. The second kappa shape index (κ2) is 9.59. The van der Waals surface area contributed by atoms with Crippen LogP contribution < -0.4 is 0 Å². The molecule has 0 bridgehead atoms. The zero-order chi connectivity index (χ0) is 13.2. The third-order valence-electron chi connectivity index (χ3n) is 2.95. The fourth-order valence-corrected chi connectivity index (χ4v) is 2.92. The van der Waals surface area contributed by atoms with Crippen molar-refractivity contribution in [1.29, 1.82) is 0 Å². The summed E-state index contributed by atoms with van der Waals surface area (Å²) in [6, 6.07) is 0. The molecular weight excluding hydrogens is 246 g/mol. The second-order valence-electron chi connectivity index (χ2n) is 4.40. The lowest BCUT2D eigenvalue weighted by Crippen LogP contribution is -2.45.